The van der Waals surface area contributed by atoms with Gasteiger partial charge in [-0.1, -0.05) is 0 Å². The number of hydrogen-bond donors (Lipinski definition) is 1. The van der Waals surface area contributed by atoms with Gasteiger partial charge in [-0.05, 0) is 12.1 Å². The summed E-state index contributed by atoms with van der Waals surface area (Å²) in [6.45, 7) is -2.26. The van der Waals surface area contributed by atoms with E-state index in [1.807, 2.05) is 0 Å². The van der Waals surface area contributed by atoms with Gasteiger partial charge in [0.05, 0.1) is 5.56 Å². The third kappa shape index (κ3) is 3.76. The zero-order chi connectivity index (χ0) is 13.1. The Hall–Kier alpha value is -1.53. The lowest BCUT2D eigenvalue weighted by molar-refractivity contribution is -0.137. The van der Waals surface area contributed by atoms with Gasteiger partial charge >= 0.3 is 6.18 Å². The van der Waals surface area contributed by atoms with Crippen molar-refractivity contribution in [2.75, 3.05) is 19.1 Å². The molecule has 0 aromatic heterocycles. The minimum Gasteiger partial charge on any atom is -0.485 e. The first-order valence-electron chi connectivity index (χ1n) is 4.63. The number of anilines is 1. The van der Waals surface area contributed by atoms with Gasteiger partial charge in [0.15, 0.2) is 6.10 Å². The molecule has 0 saturated heterocycles. The molecule has 0 spiro atoms. The predicted octanol–water partition coefficient (Wildman–Crippen LogP) is 2.97. The van der Waals surface area contributed by atoms with E-state index in [2.05, 4.69) is 0 Å². The SMILES string of the molecule is Nc1cc(OC(CF)CF)cc(C(F)(F)F)c1. The maximum absolute atomic E-state index is 12.4. The van der Waals surface area contributed by atoms with Crippen LogP contribution in [0.1, 0.15) is 5.56 Å². The van der Waals surface area contributed by atoms with E-state index in [0.717, 1.165) is 6.07 Å². The second kappa shape index (κ2) is 5.20. The molecule has 0 radical (unpaired) electrons. The molecule has 0 amide bonds. The molecule has 1 rings (SSSR count). The Kier molecular flexibility index (Phi) is 4.14. The molecule has 0 aliphatic rings. The molecule has 2 nitrogen and oxygen atoms in total. The fourth-order valence-electron chi connectivity index (χ4n) is 1.15. The Balaban J connectivity index is 2.97. The minimum absolute atomic E-state index is 0.189. The van der Waals surface area contributed by atoms with Crippen molar-refractivity contribution >= 4 is 5.69 Å². The Morgan fingerprint density at radius 1 is 1.12 bits per heavy atom. The lowest BCUT2D eigenvalue weighted by Crippen LogP contribution is -2.21. The average Bonchev–Trinajstić information content (AvgIpc) is 2.24. The summed E-state index contributed by atoms with van der Waals surface area (Å²) < 4.78 is 66.2. The number of nitrogen functional groups attached to an aromatic ring is 1. The van der Waals surface area contributed by atoms with Gasteiger partial charge in [-0.25, -0.2) is 8.78 Å². The lowest BCUT2D eigenvalue weighted by atomic mass is 10.2. The van der Waals surface area contributed by atoms with Gasteiger partial charge in [0.2, 0.25) is 0 Å². The lowest BCUT2D eigenvalue weighted by Gasteiger charge is -2.15. The van der Waals surface area contributed by atoms with Crippen LogP contribution in [0.15, 0.2) is 18.2 Å². The third-order valence-electron chi connectivity index (χ3n) is 1.90. The summed E-state index contributed by atoms with van der Waals surface area (Å²) in [7, 11) is 0. The van der Waals surface area contributed by atoms with Crippen LogP contribution >= 0.6 is 0 Å². The van der Waals surface area contributed by atoms with Gasteiger partial charge in [-0.2, -0.15) is 13.2 Å². The molecule has 0 unspecified atom stereocenters. The molecule has 96 valence electrons. The predicted molar refractivity (Wildman–Crippen MR) is 52.2 cm³/mol. The van der Waals surface area contributed by atoms with Gasteiger partial charge in [-0.15, -0.1) is 0 Å². The molecule has 2 N–H and O–H groups in total. The van der Waals surface area contributed by atoms with Crippen molar-refractivity contribution in [3.63, 3.8) is 0 Å². The molecule has 7 heteroatoms. The van der Waals surface area contributed by atoms with Crippen LogP contribution in [0, 0.1) is 0 Å². The first kappa shape index (κ1) is 13.5. The van der Waals surface area contributed by atoms with E-state index in [9.17, 15) is 22.0 Å². The highest BCUT2D eigenvalue weighted by Gasteiger charge is 2.31. The van der Waals surface area contributed by atoms with Crippen molar-refractivity contribution in [2.45, 2.75) is 12.3 Å². The number of ether oxygens (including phenoxy) is 1. The van der Waals surface area contributed by atoms with Gasteiger partial charge < -0.3 is 10.5 Å². The fourth-order valence-corrected chi connectivity index (χ4v) is 1.15. The van der Waals surface area contributed by atoms with E-state index >= 15 is 0 Å². The van der Waals surface area contributed by atoms with E-state index in [1.54, 1.807) is 0 Å². The highest BCUT2D eigenvalue weighted by atomic mass is 19.4. The highest BCUT2D eigenvalue weighted by Crippen LogP contribution is 2.33. The van der Waals surface area contributed by atoms with Crippen molar-refractivity contribution in [3.05, 3.63) is 23.8 Å². The first-order chi connectivity index (χ1) is 7.86. The third-order valence-corrected chi connectivity index (χ3v) is 1.90. The monoisotopic (exact) mass is 255 g/mol. The summed E-state index contributed by atoms with van der Waals surface area (Å²) in [5.74, 6) is -0.308. The van der Waals surface area contributed by atoms with Crippen LogP contribution in [0.2, 0.25) is 0 Å². The number of alkyl halides is 5. The molecular weight excluding hydrogens is 245 g/mol. The molecule has 0 aliphatic heterocycles. The number of benzene rings is 1. The molecule has 0 bridgehead atoms. The first-order valence-corrected chi connectivity index (χ1v) is 4.63. The summed E-state index contributed by atoms with van der Waals surface area (Å²) in [6.07, 6.45) is -6.01. The number of halogens is 5. The molecular formula is C10H10F5NO. The molecule has 0 aliphatic carbocycles. The summed E-state index contributed by atoms with van der Waals surface area (Å²) in [5.41, 5.74) is 4.03. The van der Waals surface area contributed by atoms with Gasteiger partial charge in [0.1, 0.15) is 19.1 Å². The van der Waals surface area contributed by atoms with Crippen LogP contribution in [0.5, 0.6) is 5.75 Å². The Labute approximate surface area is 94.2 Å². The zero-order valence-corrected chi connectivity index (χ0v) is 8.60. The summed E-state index contributed by atoms with van der Waals surface area (Å²) >= 11 is 0. The van der Waals surface area contributed by atoms with E-state index < -0.39 is 31.2 Å². The topological polar surface area (TPSA) is 35.2 Å². The normalized spacial score (nSPS) is 11.9. The smallest absolute Gasteiger partial charge is 0.416 e. The largest absolute Gasteiger partial charge is 0.485 e. The number of nitrogens with two attached hydrogens (primary N) is 1. The zero-order valence-electron chi connectivity index (χ0n) is 8.60. The maximum Gasteiger partial charge on any atom is 0.416 e. The Bertz CT molecular complexity index is 375. The minimum atomic E-state index is -4.59. The van der Waals surface area contributed by atoms with Crippen LogP contribution in [0.3, 0.4) is 0 Å². The molecule has 0 saturated carbocycles. The molecule has 1 aromatic rings. The van der Waals surface area contributed by atoms with Crippen LogP contribution in [-0.2, 0) is 6.18 Å². The average molecular weight is 255 g/mol. The summed E-state index contributed by atoms with van der Waals surface area (Å²) in [6, 6.07) is 2.44. The van der Waals surface area contributed by atoms with Crippen molar-refractivity contribution in [3.8, 4) is 5.75 Å². The standard InChI is InChI=1S/C10H10F5NO/c11-4-9(5-12)17-8-2-6(10(13,14)15)1-7(16)3-8/h1-3,9H,4-5,16H2. The van der Waals surface area contributed by atoms with E-state index in [-0.39, 0.29) is 11.4 Å². The summed E-state index contributed by atoms with van der Waals surface area (Å²) in [4.78, 5) is 0. The van der Waals surface area contributed by atoms with Crippen LogP contribution in [-0.4, -0.2) is 19.5 Å². The van der Waals surface area contributed by atoms with Crippen molar-refractivity contribution in [1.82, 2.24) is 0 Å². The van der Waals surface area contributed by atoms with E-state index in [1.165, 1.54) is 0 Å². The molecule has 17 heavy (non-hydrogen) atoms. The van der Waals surface area contributed by atoms with Crippen molar-refractivity contribution in [2.24, 2.45) is 0 Å². The maximum atomic E-state index is 12.4. The number of rotatable bonds is 4. The molecule has 0 atom stereocenters. The van der Waals surface area contributed by atoms with Gasteiger partial charge in [0.25, 0.3) is 0 Å². The van der Waals surface area contributed by atoms with Crippen molar-refractivity contribution < 1.29 is 26.7 Å². The van der Waals surface area contributed by atoms with E-state index in [4.69, 9.17) is 10.5 Å². The second-order valence-corrected chi connectivity index (χ2v) is 3.34. The Morgan fingerprint density at radius 3 is 2.18 bits per heavy atom. The quantitative estimate of drug-likeness (QED) is 0.663. The Morgan fingerprint density at radius 2 is 1.71 bits per heavy atom. The van der Waals surface area contributed by atoms with E-state index in [0.29, 0.717) is 12.1 Å². The fraction of sp³-hybridized carbons (Fsp3) is 0.400. The van der Waals surface area contributed by atoms with Crippen molar-refractivity contribution in [1.29, 1.82) is 0 Å². The molecule has 0 fully saturated rings. The number of hydrogen-bond acceptors (Lipinski definition) is 2. The summed E-state index contributed by atoms with van der Waals surface area (Å²) in [5, 5.41) is 0. The van der Waals surface area contributed by atoms with Gasteiger partial charge in [0, 0.05) is 11.8 Å². The molecule has 1 aromatic carbocycles. The van der Waals surface area contributed by atoms with Crippen LogP contribution in [0.4, 0.5) is 27.6 Å². The second-order valence-electron chi connectivity index (χ2n) is 3.34. The van der Waals surface area contributed by atoms with Crippen LogP contribution < -0.4 is 10.5 Å². The highest BCUT2D eigenvalue weighted by molar-refractivity contribution is 5.48. The van der Waals surface area contributed by atoms with Crippen LogP contribution in [0.25, 0.3) is 0 Å². The molecule has 0 heterocycles. The van der Waals surface area contributed by atoms with Gasteiger partial charge in [-0.3, -0.25) is 0 Å².